The minimum Gasteiger partial charge on any atom is -0.378 e. The molecule has 0 N–H and O–H groups in total. The van der Waals surface area contributed by atoms with Gasteiger partial charge in [-0.15, -0.1) is 11.3 Å². The van der Waals surface area contributed by atoms with E-state index in [-0.39, 0.29) is 0 Å². The molecule has 0 spiro atoms. The van der Waals surface area contributed by atoms with Crippen molar-refractivity contribution in [2.24, 2.45) is 0 Å². The van der Waals surface area contributed by atoms with E-state index in [1.165, 1.54) is 11.3 Å². The van der Waals surface area contributed by atoms with Crippen molar-refractivity contribution in [3.8, 4) is 0 Å². The van der Waals surface area contributed by atoms with Crippen molar-refractivity contribution in [3.05, 3.63) is 46.8 Å². The molecular formula is C18H22N2O2S2. The smallest absolute Gasteiger partial charge is 0.252 e. The van der Waals surface area contributed by atoms with E-state index >= 15 is 0 Å². The van der Waals surface area contributed by atoms with Crippen LogP contribution in [0.25, 0.3) is 12.2 Å². The first kappa shape index (κ1) is 17.2. The van der Waals surface area contributed by atoms with Crippen molar-refractivity contribution in [2.45, 2.75) is 17.1 Å². The van der Waals surface area contributed by atoms with Crippen LogP contribution in [0.2, 0.25) is 0 Å². The molecule has 1 fully saturated rings. The summed E-state index contributed by atoms with van der Waals surface area (Å²) in [7, 11) is 0.722. The Bertz CT molecular complexity index is 815. The molecule has 1 saturated heterocycles. The fourth-order valence-electron chi connectivity index (χ4n) is 2.68. The van der Waals surface area contributed by atoms with Gasteiger partial charge in [-0.3, -0.25) is 0 Å². The highest BCUT2D eigenvalue weighted by Gasteiger charge is 2.28. The number of nitrogens with zero attached hydrogens (tertiary/aromatic N) is 2. The molecule has 24 heavy (non-hydrogen) atoms. The number of hydrogen-bond acceptors (Lipinski definition) is 4. The molecular weight excluding hydrogens is 340 g/mol. The Morgan fingerprint density at radius 3 is 2.29 bits per heavy atom. The molecule has 0 atom stereocenters. The van der Waals surface area contributed by atoms with E-state index in [1.807, 2.05) is 32.3 Å². The number of rotatable bonds is 5. The molecule has 4 nitrogen and oxygen atoms in total. The van der Waals surface area contributed by atoms with Crippen molar-refractivity contribution < 1.29 is 8.42 Å². The third kappa shape index (κ3) is 3.71. The van der Waals surface area contributed by atoms with E-state index in [2.05, 4.69) is 29.2 Å². The number of anilines is 1. The highest BCUT2D eigenvalue weighted by atomic mass is 32.2. The fraction of sp³-hybridized carbons (Fsp3) is 0.333. The van der Waals surface area contributed by atoms with E-state index in [4.69, 9.17) is 0 Å². The predicted octanol–water partition coefficient (Wildman–Crippen LogP) is 3.77. The average molecular weight is 363 g/mol. The Morgan fingerprint density at radius 2 is 1.67 bits per heavy atom. The molecule has 0 saturated carbocycles. The molecule has 128 valence electrons. The van der Waals surface area contributed by atoms with E-state index < -0.39 is 10.0 Å². The van der Waals surface area contributed by atoms with Gasteiger partial charge in [-0.25, -0.2) is 8.42 Å². The Hall–Kier alpha value is -1.63. The van der Waals surface area contributed by atoms with Gasteiger partial charge >= 0.3 is 0 Å². The molecule has 0 unspecified atom stereocenters. The zero-order chi connectivity index (χ0) is 17.2. The lowest BCUT2D eigenvalue weighted by molar-refractivity contribution is 0.479. The van der Waals surface area contributed by atoms with Gasteiger partial charge in [0.25, 0.3) is 10.0 Å². The Kier molecular flexibility index (Phi) is 5.08. The van der Waals surface area contributed by atoms with Crippen LogP contribution in [0.5, 0.6) is 0 Å². The number of sulfonamides is 1. The van der Waals surface area contributed by atoms with Gasteiger partial charge in [0.1, 0.15) is 4.21 Å². The van der Waals surface area contributed by atoms with Crippen molar-refractivity contribution >= 4 is 39.2 Å². The number of hydrogen-bond donors (Lipinski definition) is 0. The predicted molar refractivity (Wildman–Crippen MR) is 102 cm³/mol. The number of thiophene rings is 1. The lowest BCUT2D eigenvalue weighted by atomic mass is 10.2. The normalized spacial score (nSPS) is 16.1. The first-order valence-electron chi connectivity index (χ1n) is 8.02. The molecule has 1 aliphatic heterocycles. The quantitative estimate of drug-likeness (QED) is 0.813. The first-order valence-corrected chi connectivity index (χ1v) is 10.3. The van der Waals surface area contributed by atoms with Crippen LogP contribution < -0.4 is 4.90 Å². The molecule has 1 aromatic carbocycles. The van der Waals surface area contributed by atoms with Crippen LogP contribution in [0.15, 0.2) is 40.6 Å². The summed E-state index contributed by atoms with van der Waals surface area (Å²) in [6.45, 7) is 1.28. The topological polar surface area (TPSA) is 40.6 Å². The summed E-state index contributed by atoms with van der Waals surface area (Å²) < 4.78 is 27.1. The second-order valence-electron chi connectivity index (χ2n) is 6.09. The summed E-state index contributed by atoms with van der Waals surface area (Å²) in [5, 5.41) is 0. The molecule has 0 radical (unpaired) electrons. The van der Waals surface area contributed by atoms with Crippen LogP contribution in [0.3, 0.4) is 0 Å². The average Bonchev–Trinajstić information content (AvgIpc) is 3.25. The minimum atomic E-state index is -3.30. The van der Waals surface area contributed by atoms with Gasteiger partial charge < -0.3 is 4.90 Å². The van der Waals surface area contributed by atoms with Gasteiger partial charge in [0, 0.05) is 37.7 Å². The molecule has 2 heterocycles. The van der Waals surface area contributed by atoms with Gasteiger partial charge in [-0.05, 0) is 48.7 Å². The summed E-state index contributed by atoms with van der Waals surface area (Å²) in [5.41, 5.74) is 2.25. The van der Waals surface area contributed by atoms with Crippen LogP contribution in [0.1, 0.15) is 23.3 Å². The molecule has 3 rings (SSSR count). The van der Waals surface area contributed by atoms with Crippen molar-refractivity contribution in [1.29, 1.82) is 0 Å². The Balaban J connectivity index is 1.73. The lowest BCUT2D eigenvalue weighted by Crippen LogP contribution is -2.27. The Labute approximate surface area is 148 Å². The standard InChI is InChI=1S/C18H22N2O2S2/c1-19(2)16-8-5-15(6-9-16)7-10-17-11-12-18(23-17)24(21,22)20-13-3-4-14-20/h5-12H,3-4,13-14H2,1-2H3/b10-7+. The van der Waals surface area contributed by atoms with E-state index in [9.17, 15) is 8.42 Å². The monoisotopic (exact) mass is 362 g/mol. The summed E-state index contributed by atoms with van der Waals surface area (Å²) in [4.78, 5) is 3.01. The Morgan fingerprint density at radius 1 is 1.00 bits per heavy atom. The zero-order valence-electron chi connectivity index (χ0n) is 14.0. The summed E-state index contributed by atoms with van der Waals surface area (Å²) in [5.74, 6) is 0. The summed E-state index contributed by atoms with van der Waals surface area (Å²) in [6.07, 6.45) is 5.90. The summed E-state index contributed by atoms with van der Waals surface area (Å²) >= 11 is 1.33. The maximum atomic E-state index is 12.5. The first-order chi connectivity index (χ1) is 11.5. The largest absolute Gasteiger partial charge is 0.378 e. The molecule has 0 amide bonds. The zero-order valence-corrected chi connectivity index (χ0v) is 15.6. The molecule has 1 aliphatic rings. The van der Waals surface area contributed by atoms with Crippen molar-refractivity contribution in [3.63, 3.8) is 0 Å². The highest BCUT2D eigenvalue weighted by molar-refractivity contribution is 7.91. The summed E-state index contributed by atoms with van der Waals surface area (Å²) in [6, 6.07) is 11.8. The van der Waals surface area contributed by atoms with Crippen LogP contribution in [-0.4, -0.2) is 39.9 Å². The second-order valence-corrected chi connectivity index (χ2v) is 9.37. The molecule has 6 heteroatoms. The van der Waals surface area contributed by atoms with Crippen molar-refractivity contribution in [2.75, 3.05) is 32.1 Å². The number of benzene rings is 1. The minimum absolute atomic E-state index is 0.437. The maximum Gasteiger partial charge on any atom is 0.252 e. The third-order valence-electron chi connectivity index (χ3n) is 4.11. The van der Waals surface area contributed by atoms with Gasteiger partial charge in [-0.2, -0.15) is 4.31 Å². The highest BCUT2D eigenvalue weighted by Crippen LogP contribution is 2.28. The molecule has 0 bridgehead atoms. The van der Waals surface area contributed by atoms with Crippen LogP contribution >= 0.6 is 11.3 Å². The lowest BCUT2D eigenvalue weighted by Gasteiger charge is -2.13. The second kappa shape index (κ2) is 7.09. The van der Waals surface area contributed by atoms with Gasteiger partial charge in [0.05, 0.1) is 0 Å². The van der Waals surface area contributed by atoms with Gasteiger partial charge in [0.15, 0.2) is 0 Å². The molecule has 2 aromatic rings. The van der Waals surface area contributed by atoms with Crippen LogP contribution in [-0.2, 0) is 10.0 Å². The van der Waals surface area contributed by atoms with Gasteiger partial charge in [0.2, 0.25) is 0 Å². The molecule has 0 aliphatic carbocycles. The van der Waals surface area contributed by atoms with E-state index in [1.54, 1.807) is 10.4 Å². The fourth-order valence-corrected chi connectivity index (χ4v) is 5.58. The van der Waals surface area contributed by atoms with Gasteiger partial charge in [-0.1, -0.05) is 18.2 Å². The van der Waals surface area contributed by atoms with E-state index in [0.29, 0.717) is 17.3 Å². The maximum absolute atomic E-state index is 12.5. The van der Waals surface area contributed by atoms with Crippen LogP contribution in [0.4, 0.5) is 5.69 Å². The van der Waals surface area contributed by atoms with E-state index in [0.717, 1.165) is 29.0 Å². The third-order valence-corrected chi connectivity index (χ3v) is 7.53. The molecule has 1 aromatic heterocycles. The SMILES string of the molecule is CN(C)c1ccc(/C=C/c2ccc(S(=O)(=O)N3CCCC3)s2)cc1. The van der Waals surface area contributed by atoms with Crippen LogP contribution in [0, 0.1) is 0 Å². The van der Waals surface area contributed by atoms with Crippen molar-refractivity contribution in [1.82, 2.24) is 4.31 Å².